The Morgan fingerprint density at radius 3 is 2.75 bits per heavy atom. The van der Waals surface area contributed by atoms with Gasteiger partial charge in [-0.15, -0.1) is 0 Å². The summed E-state index contributed by atoms with van der Waals surface area (Å²) in [6.07, 6.45) is 3.58. The topological polar surface area (TPSA) is 21.3 Å². The third-order valence-electron chi connectivity index (χ3n) is 3.18. The minimum atomic E-state index is 0.699. The molecule has 0 radical (unpaired) electrons. The van der Waals surface area contributed by atoms with Gasteiger partial charge in [0.25, 0.3) is 0 Å². The highest BCUT2D eigenvalue weighted by molar-refractivity contribution is 5.30. The number of benzene rings is 1. The SMILES string of the molecule is CCCCOc1ccc(C2CCNC2)cc1. The van der Waals surface area contributed by atoms with E-state index in [-0.39, 0.29) is 0 Å². The lowest BCUT2D eigenvalue weighted by atomic mass is 9.98. The molecular formula is C14H21NO. The van der Waals surface area contributed by atoms with Crippen molar-refractivity contribution >= 4 is 0 Å². The number of rotatable bonds is 5. The molecule has 16 heavy (non-hydrogen) atoms. The van der Waals surface area contributed by atoms with Crippen LogP contribution in [0.15, 0.2) is 24.3 Å². The monoisotopic (exact) mass is 219 g/mol. The van der Waals surface area contributed by atoms with Gasteiger partial charge < -0.3 is 10.1 Å². The van der Waals surface area contributed by atoms with Gasteiger partial charge in [-0.3, -0.25) is 0 Å². The summed E-state index contributed by atoms with van der Waals surface area (Å²) in [4.78, 5) is 0. The van der Waals surface area contributed by atoms with Crippen LogP contribution >= 0.6 is 0 Å². The van der Waals surface area contributed by atoms with Crippen LogP contribution < -0.4 is 10.1 Å². The molecule has 1 unspecified atom stereocenters. The fourth-order valence-corrected chi connectivity index (χ4v) is 2.11. The van der Waals surface area contributed by atoms with E-state index < -0.39 is 0 Å². The second-order valence-corrected chi connectivity index (χ2v) is 4.46. The molecule has 0 saturated carbocycles. The van der Waals surface area contributed by atoms with Gasteiger partial charge in [-0.2, -0.15) is 0 Å². The van der Waals surface area contributed by atoms with Crippen molar-refractivity contribution in [1.29, 1.82) is 0 Å². The number of nitrogens with one attached hydrogen (secondary N) is 1. The first-order valence-corrected chi connectivity index (χ1v) is 6.33. The van der Waals surface area contributed by atoms with Crippen molar-refractivity contribution in [2.45, 2.75) is 32.1 Å². The first-order chi connectivity index (χ1) is 7.90. The van der Waals surface area contributed by atoms with Crippen molar-refractivity contribution in [1.82, 2.24) is 5.32 Å². The first-order valence-electron chi connectivity index (χ1n) is 6.33. The third-order valence-corrected chi connectivity index (χ3v) is 3.18. The molecule has 1 N–H and O–H groups in total. The minimum absolute atomic E-state index is 0.699. The second kappa shape index (κ2) is 5.90. The second-order valence-electron chi connectivity index (χ2n) is 4.46. The first kappa shape index (κ1) is 11.5. The Kier molecular flexibility index (Phi) is 4.23. The number of hydrogen-bond donors (Lipinski definition) is 1. The third kappa shape index (κ3) is 2.99. The smallest absolute Gasteiger partial charge is 0.119 e. The van der Waals surface area contributed by atoms with E-state index in [0.29, 0.717) is 5.92 Å². The molecule has 0 amide bonds. The van der Waals surface area contributed by atoms with Gasteiger partial charge in [0.15, 0.2) is 0 Å². The van der Waals surface area contributed by atoms with Crippen LogP contribution in [0.5, 0.6) is 5.75 Å². The Morgan fingerprint density at radius 1 is 1.31 bits per heavy atom. The largest absolute Gasteiger partial charge is 0.494 e. The predicted molar refractivity (Wildman–Crippen MR) is 67.1 cm³/mol. The summed E-state index contributed by atoms with van der Waals surface area (Å²) in [6.45, 7) is 5.29. The van der Waals surface area contributed by atoms with Gasteiger partial charge >= 0.3 is 0 Å². The summed E-state index contributed by atoms with van der Waals surface area (Å²) in [5, 5.41) is 3.40. The van der Waals surface area contributed by atoms with Crippen LogP contribution in [-0.2, 0) is 0 Å². The summed E-state index contributed by atoms with van der Waals surface area (Å²) >= 11 is 0. The highest BCUT2D eigenvalue weighted by atomic mass is 16.5. The lowest BCUT2D eigenvalue weighted by Crippen LogP contribution is -2.07. The Hall–Kier alpha value is -1.02. The van der Waals surface area contributed by atoms with E-state index >= 15 is 0 Å². The lowest BCUT2D eigenvalue weighted by Gasteiger charge is -2.10. The van der Waals surface area contributed by atoms with Gasteiger partial charge in [-0.1, -0.05) is 25.5 Å². The molecule has 0 aliphatic carbocycles. The van der Waals surface area contributed by atoms with E-state index in [1.807, 2.05) is 0 Å². The van der Waals surface area contributed by atoms with E-state index in [4.69, 9.17) is 4.74 Å². The quantitative estimate of drug-likeness (QED) is 0.769. The molecular weight excluding hydrogens is 198 g/mol. The van der Waals surface area contributed by atoms with Crippen molar-refractivity contribution in [2.24, 2.45) is 0 Å². The Bertz CT molecular complexity index is 301. The zero-order valence-corrected chi connectivity index (χ0v) is 10.0. The maximum Gasteiger partial charge on any atom is 0.119 e. The normalized spacial score (nSPS) is 19.9. The Labute approximate surface area is 98.0 Å². The van der Waals surface area contributed by atoms with Crippen LogP contribution in [0.1, 0.15) is 37.7 Å². The molecule has 1 aromatic rings. The van der Waals surface area contributed by atoms with Crippen LogP contribution in [0.2, 0.25) is 0 Å². The average molecular weight is 219 g/mol. The molecule has 88 valence electrons. The van der Waals surface area contributed by atoms with Crippen LogP contribution in [0.4, 0.5) is 0 Å². The molecule has 2 rings (SSSR count). The maximum absolute atomic E-state index is 5.65. The van der Waals surface area contributed by atoms with Crippen LogP contribution in [0.3, 0.4) is 0 Å². The summed E-state index contributed by atoms with van der Waals surface area (Å²) < 4.78 is 5.65. The number of unbranched alkanes of at least 4 members (excludes halogenated alkanes) is 1. The molecule has 1 atom stereocenters. The number of hydrogen-bond acceptors (Lipinski definition) is 2. The highest BCUT2D eigenvalue weighted by Gasteiger charge is 2.15. The van der Waals surface area contributed by atoms with E-state index in [9.17, 15) is 0 Å². The Morgan fingerprint density at radius 2 is 2.12 bits per heavy atom. The molecule has 1 heterocycles. The molecule has 2 nitrogen and oxygen atoms in total. The molecule has 2 heteroatoms. The molecule has 0 aromatic heterocycles. The van der Waals surface area contributed by atoms with Gasteiger partial charge in [0.05, 0.1) is 6.61 Å². The van der Waals surface area contributed by atoms with Crippen LogP contribution in [-0.4, -0.2) is 19.7 Å². The molecule has 0 bridgehead atoms. The summed E-state index contributed by atoms with van der Waals surface area (Å²) in [5.74, 6) is 1.70. The van der Waals surface area contributed by atoms with Crippen molar-refractivity contribution in [2.75, 3.05) is 19.7 Å². The minimum Gasteiger partial charge on any atom is -0.494 e. The lowest BCUT2D eigenvalue weighted by molar-refractivity contribution is 0.309. The van der Waals surface area contributed by atoms with E-state index in [2.05, 4.69) is 36.5 Å². The fraction of sp³-hybridized carbons (Fsp3) is 0.571. The van der Waals surface area contributed by atoms with Gasteiger partial charge in [0.2, 0.25) is 0 Å². The molecule has 1 aliphatic heterocycles. The fourth-order valence-electron chi connectivity index (χ4n) is 2.11. The van der Waals surface area contributed by atoms with E-state index in [0.717, 1.165) is 31.9 Å². The standard InChI is InChI=1S/C14H21NO/c1-2-3-10-16-14-6-4-12(5-7-14)13-8-9-15-11-13/h4-7,13,15H,2-3,8-11H2,1H3. The van der Waals surface area contributed by atoms with Gasteiger partial charge in [-0.25, -0.2) is 0 Å². The molecule has 1 fully saturated rings. The zero-order chi connectivity index (χ0) is 11.2. The van der Waals surface area contributed by atoms with Gasteiger partial charge in [0.1, 0.15) is 5.75 Å². The predicted octanol–water partition coefficient (Wildman–Crippen LogP) is 2.94. The molecule has 0 spiro atoms. The molecule has 1 saturated heterocycles. The molecule has 1 aromatic carbocycles. The summed E-state index contributed by atoms with van der Waals surface area (Å²) in [5.41, 5.74) is 1.44. The zero-order valence-electron chi connectivity index (χ0n) is 10.0. The van der Waals surface area contributed by atoms with Gasteiger partial charge in [-0.05, 0) is 43.0 Å². The van der Waals surface area contributed by atoms with Crippen molar-refractivity contribution in [3.8, 4) is 5.75 Å². The highest BCUT2D eigenvalue weighted by Crippen LogP contribution is 2.24. The van der Waals surface area contributed by atoms with E-state index in [1.165, 1.54) is 18.4 Å². The van der Waals surface area contributed by atoms with Crippen molar-refractivity contribution in [3.05, 3.63) is 29.8 Å². The van der Waals surface area contributed by atoms with Gasteiger partial charge in [0, 0.05) is 6.54 Å². The van der Waals surface area contributed by atoms with Crippen LogP contribution in [0, 0.1) is 0 Å². The van der Waals surface area contributed by atoms with Crippen molar-refractivity contribution in [3.63, 3.8) is 0 Å². The average Bonchev–Trinajstić information content (AvgIpc) is 2.84. The maximum atomic E-state index is 5.65. The van der Waals surface area contributed by atoms with Crippen LogP contribution in [0.25, 0.3) is 0 Å². The van der Waals surface area contributed by atoms with Crippen molar-refractivity contribution < 1.29 is 4.74 Å². The number of ether oxygens (including phenoxy) is 1. The Balaban J connectivity index is 1.88. The van der Waals surface area contributed by atoms with E-state index in [1.54, 1.807) is 0 Å². The summed E-state index contributed by atoms with van der Waals surface area (Å²) in [6, 6.07) is 8.62. The molecule has 1 aliphatic rings. The summed E-state index contributed by atoms with van der Waals surface area (Å²) in [7, 11) is 0.